The molecule has 0 aromatic carbocycles. The second-order valence-electron chi connectivity index (χ2n) is 4.78. The molecule has 1 aliphatic heterocycles. The second-order valence-corrected chi connectivity index (χ2v) is 5.43. The minimum Gasteiger partial charge on any atom is -0.373 e. The fraction of sp³-hybridized carbons (Fsp3) is 1.00. The lowest BCUT2D eigenvalue weighted by molar-refractivity contribution is -0.0709. The molecule has 0 aromatic rings. The summed E-state index contributed by atoms with van der Waals surface area (Å²) in [4.78, 5) is 2.56. The molecular weight excluding hydrogens is 254 g/mol. The number of rotatable bonds is 5. The Morgan fingerprint density at radius 3 is 2.40 bits per heavy atom. The predicted molar refractivity (Wildman–Crippen MR) is 68.6 cm³/mol. The molecule has 1 rings (SSSR count). The first kappa shape index (κ1) is 13.5. The van der Waals surface area contributed by atoms with E-state index in [1.165, 1.54) is 19.4 Å². The summed E-state index contributed by atoms with van der Waals surface area (Å²) in [5.41, 5.74) is 0. The van der Waals surface area contributed by atoms with Crippen molar-refractivity contribution in [2.45, 2.75) is 45.8 Å². The Morgan fingerprint density at radius 2 is 1.93 bits per heavy atom. The van der Waals surface area contributed by atoms with Gasteiger partial charge in [-0.1, -0.05) is 29.3 Å². The summed E-state index contributed by atoms with van der Waals surface area (Å²) in [6.45, 7) is 10.0. The van der Waals surface area contributed by atoms with E-state index in [9.17, 15) is 0 Å². The van der Waals surface area contributed by atoms with E-state index in [1.807, 2.05) is 0 Å². The van der Waals surface area contributed by atoms with E-state index in [1.54, 1.807) is 0 Å². The van der Waals surface area contributed by atoms with Crippen LogP contribution in [0.4, 0.5) is 0 Å². The van der Waals surface area contributed by atoms with Crippen molar-refractivity contribution in [2.24, 2.45) is 5.92 Å². The Hall–Kier alpha value is 0.400. The van der Waals surface area contributed by atoms with Gasteiger partial charge in [0.2, 0.25) is 0 Å². The molecule has 0 aliphatic carbocycles. The van der Waals surface area contributed by atoms with E-state index in [4.69, 9.17) is 4.74 Å². The number of hydrogen-bond acceptors (Lipinski definition) is 2. The van der Waals surface area contributed by atoms with Crippen molar-refractivity contribution in [2.75, 3.05) is 25.0 Å². The zero-order valence-electron chi connectivity index (χ0n) is 10.2. The highest BCUT2D eigenvalue weighted by molar-refractivity contribution is 9.09. The molecule has 90 valence electrons. The summed E-state index contributed by atoms with van der Waals surface area (Å²) in [6.07, 6.45) is 3.40. The largest absolute Gasteiger partial charge is 0.373 e. The van der Waals surface area contributed by atoms with Crippen LogP contribution < -0.4 is 0 Å². The van der Waals surface area contributed by atoms with Gasteiger partial charge in [-0.3, -0.25) is 4.90 Å². The number of halogens is 1. The van der Waals surface area contributed by atoms with E-state index >= 15 is 0 Å². The van der Waals surface area contributed by atoms with Crippen LogP contribution >= 0.6 is 15.9 Å². The van der Waals surface area contributed by atoms with Crippen LogP contribution in [0.3, 0.4) is 0 Å². The lowest BCUT2D eigenvalue weighted by Crippen LogP contribution is -2.47. The van der Waals surface area contributed by atoms with Crippen LogP contribution in [0.25, 0.3) is 0 Å². The Kier molecular flexibility index (Phi) is 6.17. The Morgan fingerprint density at radius 1 is 1.33 bits per heavy atom. The predicted octanol–water partition coefficient (Wildman–Crippen LogP) is 2.91. The molecule has 1 unspecified atom stereocenters. The number of ether oxygens (including phenoxy) is 1. The topological polar surface area (TPSA) is 12.5 Å². The van der Waals surface area contributed by atoms with Gasteiger partial charge in [0, 0.05) is 25.0 Å². The molecule has 0 amide bonds. The zero-order chi connectivity index (χ0) is 11.3. The normalized spacial score (nSPS) is 30.4. The minimum absolute atomic E-state index is 0.395. The molecule has 0 N–H and O–H groups in total. The highest BCUT2D eigenvalue weighted by atomic mass is 79.9. The Bertz CT molecular complexity index is 167. The summed E-state index contributed by atoms with van der Waals surface area (Å²) < 4.78 is 5.74. The average Bonchev–Trinajstić information content (AvgIpc) is 2.15. The first-order valence-electron chi connectivity index (χ1n) is 6.09. The highest BCUT2D eigenvalue weighted by Gasteiger charge is 2.23. The summed E-state index contributed by atoms with van der Waals surface area (Å²) >= 11 is 3.62. The SMILES string of the molecule is CCCC(CBr)CN1C[C@@H](C)O[C@@H](C)C1. The van der Waals surface area contributed by atoms with Crippen molar-refractivity contribution in [3.8, 4) is 0 Å². The molecular formula is C12H24BrNO. The second kappa shape index (κ2) is 6.87. The molecule has 0 aromatic heterocycles. The van der Waals surface area contributed by atoms with Gasteiger partial charge in [-0.2, -0.15) is 0 Å². The fourth-order valence-electron chi connectivity index (χ4n) is 2.42. The monoisotopic (exact) mass is 277 g/mol. The van der Waals surface area contributed by atoms with Crippen molar-refractivity contribution in [3.63, 3.8) is 0 Å². The van der Waals surface area contributed by atoms with Gasteiger partial charge in [0.05, 0.1) is 12.2 Å². The molecule has 1 fully saturated rings. The van der Waals surface area contributed by atoms with E-state index in [0.717, 1.165) is 24.3 Å². The van der Waals surface area contributed by atoms with Crippen molar-refractivity contribution < 1.29 is 4.74 Å². The van der Waals surface area contributed by atoms with Crippen LogP contribution in [0.1, 0.15) is 33.6 Å². The zero-order valence-corrected chi connectivity index (χ0v) is 11.8. The number of alkyl halides is 1. The van der Waals surface area contributed by atoms with Gasteiger partial charge in [0.1, 0.15) is 0 Å². The summed E-state index contributed by atoms with van der Waals surface area (Å²) in [7, 11) is 0. The molecule has 0 radical (unpaired) electrons. The van der Waals surface area contributed by atoms with E-state index in [0.29, 0.717) is 12.2 Å². The molecule has 0 spiro atoms. The van der Waals surface area contributed by atoms with Crippen molar-refractivity contribution >= 4 is 15.9 Å². The Balaban J connectivity index is 2.35. The average molecular weight is 278 g/mol. The minimum atomic E-state index is 0.395. The maximum Gasteiger partial charge on any atom is 0.0678 e. The highest BCUT2D eigenvalue weighted by Crippen LogP contribution is 2.16. The third kappa shape index (κ3) is 4.83. The van der Waals surface area contributed by atoms with Crippen LogP contribution in [0, 0.1) is 5.92 Å². The number of morpholine rings is 1. The van der Waals surface area contributed by atoms with Crippen LogP contribution in [-0.4, -0.2) is 42.1 Å². The lowest BCUT2D eigenvalue weighted by atomic mass is 10.0. The quantitative estimate of drug-likeness (QED) is 0.717. The molecule has 0 saturated carbocycles. The van der Waals surface area contributed by atoms with E-state index < -0.39 is 0 Å². The summed E-state index contributed by atoms with van der Waals surface area (Å²) in [5.74, 6) is 0.799. The van der Waals surface area contributed by atoms with Crippen LogP contribution in [0.5, 0.6) is 0 Å². The van der Waals surface area contributed by atoms with Gasteiger partial charge in [0.15, 0.2) is 0 Å². The smallest absolute Gasteiger partial charge is 0.0678 e. The van der Waals surface area contributed by atoms with E-state index in [-0.39, 0.29) is 0 Å². The van der Waals surface area contributed by atoms with Gasteiger partial charge in [-0.15, -0.1) is 0 Å². The number of hydrogen-bond donors (Lipinski definition) is 0. The maximum atomic E-state index is 5.74. The molecule has 0 bridgehead atoms. The standard InChI is InChI=1S/C12H24BrNO/c1-4-5-12(6-13)9-14-7-10(2)15-11(3)8-14/h10-12H,4-9H2,1-3H3/t10-,11+,12?. The maximum absolute atomic E-state index is 5.74. The number of nitrogens with zero attached hydrogens (tertiary/aromatic N) is 1. The molecule has 2 nitrogen and oxygen atoms in total. The lowest BCUT2D eigenvalue weighted by Gasteiger charge is -2.37. The summed E-state index contributed by atoms with van der Waals surface area (Å²) in [6, 6.07) is 0. The third-order valence-electron chi connectivity index (χ3n) is 2.93. The van der Waals surface area contributed by atoms with Gasteiger partial charge < -0.3 is 4.74 Å². The molecule has 1 heterocycles. The van der Waals surface area contributed by atoms with Crippen LogP contribution in [0.2, 0.25) is 0 Å². The van der Waals surface area contributed by atoms with Gasteiger partial charge in [-0.25, -0.2) is 0 Å². The van der Waals surface area contributed by atoms with E-state index in [2.05, 4.69) is 41.6 Å². The third-order valence-corrected chi connectivity index (χ3v) is 3.84. The fourth-order valence-corrected chi connectivity index (χ4v) is 2.95. The molecule has 3 atom stereocenters. The molecule has 15 heavy (non-hydrogen) atoms. The van der Waals surface area contributed by atoms with Crippen LogP contribution in [-0.2, 0) is 4.74 Å². The molecule has 1 aliphatic rings. The first-order valence-corrected chi connectivity index (χ1v) is 7.21. The molecule has 1 saturated heterocycles. The van der Waals surface area contributed by atoms with Gasteiger partial charge in [-0.05, 0) is 26.2 Å². The Labute approximate surface area is 102 Å². The van der Waals surface area contributed by atoms with Crippen molar-refractivity contribution in [1.82, 2.24) is 4.90 Å². The van der Waals surface area contributed by atoms with Crippen LogP contribution in [0.15, 0.2) is 0 Å². The molecule has 3 heteroatoms. The summed E-state index contributed by atoms with van der Waals surface area (Å²) in [5, 5.41) is 1.13. The van der Waals surface area contributed by atoms with Crippen molar-refractivity contribution in [1.29, 1.82) is 0 Å². The van der Waals surface area contributed by atoms with Gasteiger partial charge >= 0.3 is 0 Å². The van der Waals surface area contributed by atoms with Gasteiger partial charge in [0.25, 0.3) is 0 Å². The first-order chi connectivity index (χ1) is 7.15. The van der Waals surface area contributed by atoms with Crippen molar-refractivity contribution in [3.05, 3.63) is 0 Å².